The van der Waals surface area contributed by atoms with Crippen molar-refractivity contribution in [2.24, 2.45) is 5.73 Å². The van der Waals surface area contributed by atoms with Crippen molar-refractivity contribution in [3.8, 4) is 0 Å². The number of pyridine rings is 1. The van der Waals surface area contributed by atoms with Gasteiger partial charge in [0.25, 0.3) is 0 Å². The van der Waals surface area contributed by atoms with Gasteiger partial charge in [0.1, 0.15) is 6.04 Å². The van der Waals surface area contributed by atoms with Gasteiger partial charge in [-0.05, 0) is 24.6 Å². The Bertz CT molecular complexity index is 434. The second-order valence-corrected chi connectivity index (χ2v) is 4.59. The summed E-state index contributed by atoms with van der Waals surface area (Å²) in [6.45, 7) is 1.90. The molecule has 1 aliphatic rings. The molecule has 5 heteroatoms. The lowest BCUT2D eigenvalue weighted by molar-refractivity contribution is -0.138. The predicted molar refractivity (Wildman–Crippen MR) is 63.6 cm³/mol. The first-order valence-corrected chi connectivity index (χ1v) is 5.70. The van der Waals surface area contributed by atoms with E-state index < -0.39 is 12.0 Å². The first-order chi connectivity index (χ1) is 8.06. The molecule has 1 aromatic rings. The Balaban J connectivity index is 2.15. The predicted octanol–water partition coefficient (Wildman–Crippen LogP) is 0.0239. The number of hydrogen-bond donors (Lipinski definition) is 2. The minimum absolute atomic E-state index is 0.333. The zero-order valence-corrected chi connectivity index (χ0v) is 9.89. The standard InChI is InChI=1S/C12H17N3O2/c1-15-3-2-11-9(7-15)4-8(6-14-11)5-10(13)12(16)17/h4,6,10H,2-3,5,7,13H2,1H3,(H,16,17). The van der Waals surface area contributed by atoms with E-state index in [-0.39, 0.29) is 0 Å². The zero-order valence-electron chi connectivity index (χ0n) is 9.89. The summed E-state index contributed by atoms with van der Waals surface area (Å²) >= 11 is 0. The van der Waals surface area contributed by atoms with Gasteiger partial charge in [0, 0.05) is 31.4 Å². The molecule has 1 unspecified atom stereocenters. The first-order valence-electron chi connectivity index (χ1n) is 5.70. The molecule has 0 fully saturated rings. The molecule has 0 radical (unpaired) electrons. The van der Waals surface area contributed by atoms with Crippen LogP contribution in [-0.2, 0) is 24.2 Å². The highest BCUT2D eigenvalue weighted by Gasteiger charge is 2.17. The SMILES string of the molecule is CN1CCc2ncc(CC(N)C(=O)O)cc2C1. The quantitative estimate of drug-likeness (QED) is 0.772. The van der Waals surface area contributed by atoms with Crippen LogP contribution in [0.2, 0.25) is 0 Å². The molecule has 0 spiro atoms. The summed E-state index contributed by atoms with van der Waals surface area (Å²) in [5.41, 5.74) is 8.72. The lowest BCUT2D eigenvalue weighted by atomic mass is 10.0. The van der Waals surface area contributed by atoms with Crippen LogP contribution in [0.4, 0.5) is 0 Å². The summed E-state index contributed by atoms with van der Waals surface area (Å²) in [5, 5.41) is 8.77. The van der Waals surface area contributed by atoms with Crippen LogP contribution in [0.15, 0.2) is 12.3 Å². The number of hydrogen-bond acceptors (Lipinski definition) is 4. The average molecular weight is 235 g/mol. The Morgan fingerprint density at radius 1 is 1.71 bits per heavy atom. The third kappa shape index (κ3) is 2.81. The van der Waals surface area contributed by atoms with Gasteiger partial charge in [-0.15, -0.1) is 0 Å². The van der Waals surface area contributed by atoms with Gasteiger partial charge in [-0.1, -0.05) is 6.07 Å². The Kier molecular flexibility index (Phi) is 3.40. The number of aromatic nitrogens is 1. The molecular formula is C12H17N3O2. The number of carboxylic acids is 1. The second kappa shape index (κ2) is 4.81. The van der Waals surface area contributed by atoms with Gasteiger partial charge in [-0.3, -0.25) is 9.78 Å². The Morgan fingerprint density at radius 3 is 3.18 bits per heavy atom. The van der Waals surface area contributed by atoms with Crippen LogP contribution in [0, 0.1) is 0 Å². The minimum atomic E-state index is -0.972. The van der Waals surface area contributed by atoms with E-state index in [1.165, 1.54) is 5.56 Å². The summed E-state index contributed by atoms with van der Waals surface area (Å²) in [6.07, 6.45) is 3.03. The van der Waals surface area contributed by atoms with Crippen LogP contribution < -0.4 is 5.73 Å². The van der Waals surface area contributed by atoms with Gasteiger partial charge in [0.05, 0.1) is 0 Å². The van der Waals surface area contributed by atoms with Crippen LogP contribution in [0.5, 0.6) is 0 Å². The highest BCUT2D eigenvalue weighted by atomic mass is 16.4. The van der Waals surface area contributed by atoms with Crippen molar-refractivity contribution >= 4 is 5.97 Å². The largest absolute Gasteiger partial charge is 0.480 e. The highest BCUT2D eigenvalue weighted by Crippen LogP contribution is 2.17. The average Bonchev–Trinajstić information content (AvgIpc) is 2.28. The van der Waals surface area contributed by atoms with Crippen LogP contribution in [-0.4, -0.2) is 40.6 Å². The lowest BCUT2D eigenvalue weighted by Gasteiger charge is -2.24. The fourth-order valence-electron chi connectivity index (χ4n) is 2.07. The number of nitrogens with zero attached hydrogens (tertiary/aromatic N) is 2. The maximum absolute atomic E-state index is 10.7. The topological polar surface area (TPSA) is 79.5 Å². The van der Waals surface area contributed by atoms with E-state index in [0.29, 0.717) is 6.42 Å². The molecule has 1 atom stereocenters. The molecule has 0 saturated carbocycles. The molecule has 3 N–H and O–H groups in total. The molecule has 1 aliphatic heterocycles. The van der Waals surface area contributed by atoms with E-state index in [4.69, 9.17) is 10.8 Å². The molecule has 92 valence electrons. The number of rotatable bonds is 3. The molecular weight excluding hydrogens is 218 g/mol. The normalized spacial score (nSPS) is 17.5. The molecule has 2 heterocycles. The van der Waals surface area contributed by atoms with Crippen molar-refractivity contribution < 1.29 is 9.90 Å². The van der Waals surface area contributed by atoms with E-state index in [1.54, 1.807) is 6.20 Å². The van der Waals surface area contributed by atoms with Crippen LogP contribution >= 0.6 is 0 Å². The van der Waals surface area contributed by atoms with Crippen LogP contribution in [0.25, 0.3) is 0 Å². The highest BCUT2D eigenvalue weighted by molar-refractivity contribution is 5.73. The fraction of sp³-hybridized carbons (Fsp3) is 0.500. The van der Waals surface area contributed by atoms with Crippen molar-refractivity contribution in [1.82, 2.24) is 9.88 Å². The van der Waals surface area contributed by atoms with Gasteiger partial charge < -0.3 is 15.7 Å². The van der Waals surface area contributed by atoms with Crippen molar-refractivity contribution in [2.45, 2.75) is 25.4 Å². The Morgan fingerprint density at radius 2 is 2.47 bits per heavy atom. The van der Waals surface area contributed by atoms with E-state index in [1.807, 2.05) is 6.07 Å². The molecule has 0 bridgehead atoms. The first kappa shape index (κ1) is 12.0. The number of carboxylic acid groups (broad SMARTS) is 1. The molecule has 1 aromatic heterocycles. The Hall–Kier alpha value is -1.46. The van der Waals surface area contributed by atoms with Crippen molar-refractivity contribution in [2.75, 3.05) is 13.6 Å². The van der Waals surface area contributed by atoms with Gasteiger partial charge in [-0.25, -0.2) is 0 Å². The minimum Gasteiger partial charge on any atom is -0.480 e. The molecule has 0 saturated heterocycles. The lowest BCUT2D eigenvalue weighted by Crippen LogP contribution is -2.32. The monoisotopic (exact) mass is 235 g/mol. The zero-order chi connectivity index (χ0) is 12.4. The summed E-state index contributed by atoms with van der Waals surface area (Å²) in [5.74, 6) is -0.972. The van der Waals surface area contributed by atoms with Crippen LogP contribution in [0.3, 0.4) is 0 Å². The maximum atomic E-state index is 10.7. The third-order valence-electron chi connectivity index (χ3n) is 3.06. The van der Waals surface area contributed by atoms with Crippen molar-refractivity contribution in [3.05, 3.63) is 29.1 Å². The van der Waals surface area contributed by atoms with Crippen LogP contribution in [0.1, 0.15) is 16.8 Å². The molecule has 0 amide bonds. The summed E-state index contributed by atoms with van der Waals surface area (Å²) in [4.78, 5) is 17.3. The van der Waals surface area contributed by atoms with Crippen molar-refractivity contribution in [1.29, 1.82) is 0 Å². The van der Waals surface area contributed by atoms with Gasteiger partial charge in [0.2, 0.25) is 0 Å². The fourth-order valence-corrected chi connectivity index (χ4v) is 2.07. The smallest absolute Gasteiger partial charge is 0.320 e. The summed E-state index contributed by atoms with van der Waals surface area (Å²) in [6, 6.07) is 1.18. The molecule has 0 aromatic carbocycles. The van der Waals surface area contributed by atoms with E-state index >= 15 is 0 Å². The van der Waals surface area contributed by atoms with Gasteiger partial charge in [-0.2, -0.15) is 0 Å². The van der Waals surface area contributed by atoms with E-state index in [9.17, 15) is 4.79 Å². The third-order valence-corrected chi connectivity index (χ3v) is 3.06. The van der Waals surface area contributed by atoms with Gasteiger partial charge >= 0.3 is 5.97 Å². The summed E-state index contributed by atoms with van der Waals surface area (Å²) < 4.78 is 0. The summed E-state index contributed by atoms with van der Waals surface area (Å²) in [7, 11) is 2.07. The Labute approximate surface area is 100 Å². The number of likely N-dealkylation sites (N-methyl/N-ethyl adjacent to an activating group) is 1. The number of nitrogens with two attached hydrogens (primary N) is 1. The number of fused-ring (bicyclic) bond motifs is 1. The molecule has 17 heavy (non-hydrogen) atoms. The van der Waals surface area contributed by atoms with Gasteiger partial charge in [0.15, 0.2) is 0 Å². The number of carbonyl (C=O) groups is 1. The molecule has 2 rings (SSSR count). The van der Waals surface area contributed by atoms with E-state index in [2.05, 4.69) is 16.9 Å². The number of aliphatic carboxylic acids is 1. The second-order valence-electron chi connectivity index (χ2n) is 4.59. The molecule has 0 aliphatic carbocycles. The van der Waals surface area contributed by atoms with Crippen molar-refractivity contribution in [3.63, 3.8) is 0 Å². The van der Waals surface area contributed by atoms with E-state index in [0.717, 1.165) is 30.8 Å². The maximum Gasteiger partial charge on any atom is 0.320 e. The molecule has 5 nitrogen and oxygen atoms in total.